The van der Waals surface area contributed by atoms with Crippen LogP contribution >= 0.6 is 23.8 Å². The Labute approximate surface area is 159 Å². The Kier molecular flexibility index (Phi) is 5.60. The van der Waals surface area contributed by atoms with Gasteiger partial charge in [-0.25, -0.2) is 0 Å². The first kappa shape index (κ1) is 18.0. The summed E-state index contributed by atoms with van der Waals surface area (Å²) in [4.78, 5) is 12.0. The molecule has 0 fully saturated rings. The molecule has 132 valence electrons. The number of hydrogen-bond donors (Lipinski definition) is 1. The second-order valence-corrected chi connectivity index (χ2v) is 6.29. The summed E-state index contributed by atoms with van der Waals surface area (Å²) in [6, 6.07) is 14.8. The highest BCUT2D eigenvalue weighted by atomic mass is 35.5. The molecule has 0 radical (unpaired) electrons. The highest BCUT2D eigenvalue weighted by Gasteiger charge is 2.02. The van der Waals surface area contributed by atoms with E-state index in [9.17, 15) is 4.79 Å². The lowest BCUT2D eigenvalue weighted by molar-refractivity contribution is 0.306. The van der Waals surface area contributed by atoms with Crippen molar-refractivity contribution < 1.29 is 4.74 Å². The van der Waals surface area contributed by atoms with Crippen molar-refractivity contribution in [3.8, 4) is 5.75 Å². The third kappa shape index (κ3) is 4.44. The van der Waals surface area contributed by atoms with E-state index in [1.165, 1.54) is 0 Å². The van der Waals surface area contributed by atoms with Gasteiger partial charge in [0.15, 0.2) is 0 Å². The van der Waals surface area contributed by atoms with Crippen molar-refractivity contribution in [3.05, 3.63) is 85.5 Å². The van der Waals surface area contributed by atoms with Crippen LogP contribution < -0.4 is 10.3 Å². The normalized spacial score (nSPS) is 11.0. The molecule has 0 unspecified atom stereocenters. The SMILES string of the molecule is Cc1n[nH]c(=S)n(/N=C\c2cccc(OCc3ccc(Cl)cc3)c2)c1=O. The third-order valence-electron chi connectivity index (χ3n) is 3.51. The molecular formula is C18H15ClN4O2S. The summed E-state index contributed by atoms with van der Waals surface area (Å²) in [5.41, 5.74) is 1.71. The van der Waals surface area contributed by atoms with Gasteiger partial charge < -0.3 is 4.74 Å². The maximum Gasteiger partial charge on any atom is 0.296 e. The van der Waals surface area contributed by atoms with Gasteiger partial charge in [0.25, 0.3) is 5.56 Å². The van der Waals surface area contributed by atoms with Crippen molar-refractivity contribution in [3.63, 3.8) is 0 Å². The summed E-state index contributed by atoms with van der Waals surface area (Å²) >= 11 is 10.9. The number of nitrogens with zero attached hydrogens (tertiary/aromatic N) is 3. The highest BCUT2D eigenvalue weighted by Crippen LogP contribution is 2.15. The first-order chi connectivity index (χ1) is 12.5. The predicted molar refractivity (Wildman–Crippen MR) is 104 cm³/mol. The lowest BCUT2D eigenvalue weighted by atomic mass is 10.2. The molecule has 1 heterocycles. The highest BCUT2D eigenvalue weighted by molar-refractivity contribution is 7.71. The van der Waals surface area contributed by atoms with E-state index in [0.29, 0.717) is 17.4 Å². The minimum atomic E-state index is -0.361. The Morgan fingerprint density at radius 1 is 1.31 bits per heavy atom. The molecule has 1 N–H and O–H groups in total. The number of halogens is 1. The summed E-state index contributed by atoms with van der Waals surface area (Å²) in [7, 11) is 0. The minimum absolute atomic E-state index is 0.131. The monoisotopic (exact) mass is 386 g/mol. The van der Waals surface area contributed by atoms with Crippen molar-refractivity contribution in [1.82, 2.24) is 14.9 Å². The number of H-pyrrole nitrogens is 1. The van der Waals surface area contributed by atoms with Crippen LogP contribution in [0.4, 0.5) is 0 Å². The maximum atomic E-state index is 12.0. The van der Waals surface area contributed by atoms with Crippen molar-refractivity contribution >= 4 is 30.0 Å². The molecule has 6 nitrogen and oxygen atoms in total. The smallest absolute Gasteiger partial charge is 0.296 e. The van der Waals surface area contributed by atoms with Gasteiger partial charge in [-0.15, -0.1) is 0 Å². The Balaban J connectivity index is 1.75. The van der Waals surface area contributed by atoms with Crippen LogP contribution in [0.2, 0.25) is 5.02 Å². The van der Waals surface area contributed by atoms with E-state index in [0.717, 1.165) is 15.8 Å². The second-order valence-electron chi connectivity index (χ2n) is 5.46. The van der Waals surface area contributed by atoms with Gasteiger partial charge in [0.1, 0.15) is 18.1 Å². The number of nitrogens with one attached hydrogen (secondary N) is 1. The van der Waals surface area contributed by atoms with E-state index in [2.05, 4.69) is 15.3 Å². The van der Waals surface area contributed by atoms with Gasteiger partial charge in [0, 0.05) is 5.02 Å². The van der Waals surface area contributed by atoms with Gasteiger partial charge in [-0.3, -0.25) is 9.89 Å². The largest absolute Gasteiger partial charge is 0.489 e. The Morgan fingerprint density at radius 2 is 2.08 bits per heavy atom. The van der Waals surface area contributed by atoms with E-state index >= 15 is 0 Å². The Bertz CT molecular complexity index is 1060. The van der Waals surface area contributed by atoms with Gasteiger partial charge in [-0.1, -0.05) is 35.9 Å². The predicted octanol–water partition coefficient (Wildman–Crippen LogP) is 3.72. The summed E-state index contributed by atoms with van der Waals surface area (Å²) in [6.07, 6.45) is 1.54. The molecule has 1 aromatic heterocycles. The number of aryl methyl sites for hydroxylation is 1. The molecule has 8 heteroatoms. The summed E-state index contributed by atoms with van der Waals surface area (Å²) < 4.78 is 7.01. The van der Waals surface area contributed by atoms with Gasteiger partial charge in [0.05, 0.1) is 6.21 Å². The molecule has 0 aliphatic rings. The number of ether oxygens (including phenoxy) is 1. The zero-order valence-electron chi connectivity index (χ0n) is 13.8. The molecule has 0 aliphatic carbocycles. The van der Waals surface area contributed by atoms with Crippen molar-refractivity contribution in [1.29, 1.82) is 0 Å². The Morgan fingerprint density at radius 3 is 2.85 bits per heavy atom. The minimum Gasteiger partial charge on any atom is -0.489 e. The molecule has 0 saturated carbocycles. The summed E-state index contributed by atoms with van der Waals surface area (Å²) in [5, 5.41) is 11.2. The van der Waals surface area contributed by atoms with Crippen LogP contribution in [0.15, 0.2) is 58.4 Å². The van der Waals surface area contributed by atoms with Crippen LogP contribution in [0.25, 0.3) is 0 Å². The quantitative estimate of drug-likeness (QED) is 0.535. The molecule has 3 rings (SSSR count). The lowest BCUT2D eigenvalue weighted by Gasteiger charge is -2.07. The molecule has 0 saturated heterocycles. The summed E-state index contributed by atoms with van der Waals surface area (Å²) in [6.45, 7) is 2.01. The number of aromatic nitrogens is 3. The van der Waals surface area contributed by atoms with E-state index in [-0.39, 0.29) is 16.0 Å². The second kappa shape index (κ2) is 8.07. The van der Waals surface area contributed by atoms with E-state index in [1.807, 2.05) is 48.5 Å². The first-order valence-electron chi connectivity index (χ1n) is 7.73. The van der Waals surface area contributed by atoms with Crippen LogP contribution in [-0.2, 0) is 6.61 Å². The topological polar surface area (TPSA) is 72.3 Å². The van der Waals surface area contributed by atoms with Gasteiger partial charge >= 0.3 is 0 Å². The maximum absolute atomic E-state index is 12.0. The standard InChI is InChI=1S/C18H15ClN4O2S/c1-12-17(24)23(18(26)22-21-12)20-10-14-3-2-4-16(9-14)25-11-13-5-7-15(19)8-6-13/h2-10H,11H2,1H3,(H,22,26)/b20-10-. The fourth-order valence-corrected chi connectivity index (χ4v) is 2.44. The lowest BCUT2D eigenvalue weighted by Crippen LogP contribution is -2.22. The van der Waals surface area contributed by atoms with Crippen molar-refractivity contribution in [2.75, 3.05) is 0 Å². The van der Waals surface area contributed by atoms with E-state index in [1.54, 1.807) is 13.1 Å². The number of rotatable bonds is 5. The number of benzene rings is 2. The van der Waals surface area contributed by atoms with Gasteiger partial charge in [-0.2, -0.15) is 14.9 Å². The van der Waals surface area contributed by atoms with Gasteiger partial charge in [-0.05, 0) is 54.5 Å². The van der Waals surface area contributed by atoms with Crippen LogP contribution in [0, 0.1) is 11.7 Å². The van der Waals surface area contributed by atoms with E-state index in [4.69, 9.17) is 28.6 Å². The third-order valence-corrected chi connectivity index (χ3v) is 4.03. The molecule has 0 aliphatic heterocycles. The van der Waals surface area contributed by atoms with Crippen LogP contribution in [0.3, 0.4) is 0 Å². The zero-order chi connectivity index (χ0) is 18.5. The van der Waals surface area contributed by atoms with Crippen LogP contribution in [0.1, 0.15) is 16.8 Å². The molecule has 2 aromatic carbocycles. The molecule has 26 heavy (non-hydrogen) atoms. The molecule has 3 aromatic rings. The fraction of sp³-hybridized carbons (Fsp3) is 0.111. The molecule has 0 atom stereocenters. The van der Waals surface area contributed by atoms with Gasteiger partial charge in [0.2, 0.25) is 4.77 Å². The average Bonchev–Trinajstić information content (AvgIpc) is 2.65. The van der Waals surface area contributed by atoms with Crippen LogP contribution in [0.5, 0.6) is 5.75 Å². The molecule has 0 bridgehead atoms. The average molecular weight is 387 g/mol. The first-order valence-corrected chi connectivity index (χ1v) is 8.51. The molecule has 0 amide bonds. The Hall–Kier alpha value is -2.77. The number of hydrogen-bond acceptors (Lipinski definition) is 5. The van der Waals surface area contributed by atoms with Crippen LogP contribution in [-0.4, -0.2) is 21.1 Å². The fourth-order valence-electron chi connectivity index (χ4n) is 2.13. The zero-order valence-corrected chi connectivity index (χ0v) is 15.4. The molecular weight excluding hydrogens is 372 g/mol. The summed E-state index contributed by atoms with van der Waals surface area (Å²) in [5.74, 6) is 0.687. The van der Waals surface area contributed by atoms with E-state index < -0.39 is 0 Å². The molecule has 0 spiro atoms. The van der Waals surface area contributed by atoms with Crippen molar-refractivity contribution in [2.45, 2.75) is 13.5 Å². The van der Waals surface area contributed by atoms with Crippen molar-refractivity contribution in [2.24, 2.45) is 5.10 Å². The number of aromatic amines is 1.